The number of nitrogens with one attached hydrogen (secondary N) is 1. The summed E-state index contributed by atoms with van der Waals surface area (Å²) in [4.78, 5) is 21.9. The molecule has 13 heavy (non-hydrogen) atoms. The molecule has 0 aromatic carbocycles. The van der Waals surface area contributed by atoms with Crippen LogP contribution in [-0.2, 0) is 9.59 Å². The Bertz CT molecular complexity index is 178. The van der Waals surface area contributed by atoms with E-state index < -0.39 is 0 Å². The second-order valence-corrected chi connectivity index (χ2v) is 3.46. The van der Waals surface area contributed by atoms with Crippen LogP contribution >= 0.6 is 0 Å². The van der Waals surface area contributed by atoms with Crippen LogP contribution < -0.4 is 5.32 Å². The number of amides is 1. The fraction of sp³-hybridized carbons (Fsp3) is 0.800. The Hall–Kier alpha value is -0.860. The molecule has 0 spiro atoms. The number of rotatable bonds is 6. The van der Waals surface area contributed by atoms with E-state index in [1.165, 1.54) is 6.92 Å². The summed E-state index contributed by atoms with van der Waals surface area (Å²) in [6.07, 6.45) is 3.07. The number of Topliss-reactive ketones (excluding diaryl/α,β-unsaturated/α-hetero) is 1. The fourth-order valence-electron chi connectivity index (χ4n) is 1.03. The van der Waals surface area contributed by atoms with Gasteiger partial charge in [-0.3, -0.25) is 9.59 Å². The lowest BCUT2D eigenvalue weighted by Gasteiger charge is -2.09. The molecule has 0 heterocycles. The van der Waals surface area contributed by atoms with E-state index in [2.05, 4.69) is 12.2 Å². The number of ketones is 1. The Kier molecular flexibility index (Phi) is 6.20. The number of unbranched alkanes of at least 4 members (excludes halogenated alkanes) is 1. The number of carbonyl (C=O) groups excluding carboxylic acids is 2. The van der Waals surface area contributed by atoms with E-state index in [0.29, 0.717) is 0 Å². The number of carbonyl (C=O) groups is 2. The second kappa shape index (κ2) is 6.63. The van der Waals surface area contributed by atoms with Gasteiger partial charge in [-0.1, -0.05) is 26.7 Å². The van der Waals surface area contributed by atoms with Gasteiger partial charge >= 0.3 is 0 Å². The van der Waals surface area contributed by atoms with Gasteiger partial charge in [0.1, 0.15) is 5.78 Å². The molecule has 0 bridgehead atoms. The van der Waals surface area contributed by atoms with Crippen molar-refractivity contribution in [2.45, 2.75) is 40.0 Å². The zero-order chi connectivity index (χ0) is 10.3. The second-order valence-electron chi connectivity index (χ2n) is 3.46. The van der Waals surface area contributed by atoms with Crippen LogP contribution in [0.1, 0.15) is 40.0 Å². The Morgan fingerprint density at radius 1 is 1.38 bits per heavy atom. The highest BCUT2D eigenvalue weighted by molar-refractivity contribution is 5.85. The van der Waals surface area contributed by atoms with E-state index in [4.69, 9.17) is 0 Å². The number of hydrogen-bond donors (Lipinski definition) is 1. The summed E-state index contributed by atoms with van der Waals surface area (Å²) in [6, 6.07) is 0. The lowest BCUT2D eigenvalue weighted by atomic mass is 10.0. The van der Waals surface area contributed by atoms with Crippen LogP contribution in [0.3, 0.4) is 0 Å². The maximum Gasteiger partial charge on any atom is 0.223 e. The first kappa shape index (κ1) is 12.1. The molecule has 3 heteroatoms. The van der Waals surface area contributed by atoms with Gasteiger partial charge in [-0.2, -0.15) is 0 Å². The topological polar surface area (TPSA) is 46.2 Å². The lowest BCUT2D eigenvalue weighted by molar-refractivity contribution is -0.127. The predicted molar refractivity (Wildman–Crippen MR) is 52.4 cm³/mol. The van der Waals surface area contributed by atoms with Crippen molar-refractivity contribution in [3.8, 4) is 0 Å². The van der Waals surface area contributed by atoms with Crippen molar-refractivity contribution in [2.75, 3.05) is 6.54 Å². The van der Waals surface area contributed by atoms with Gasteiger partial charge < -0.3 is 5.32 Å². The summed E-state index contributed by atoms with van der Waals surface area (Å²) in [5, 5.41) is 2.60. The molecule has 0 saturated carbocycles. The van der Waals surface area contributed by atoms with E-state index in [9.17, 15) is 9.59 Å². The molecular formula is C10H19NO2. The third-order valence-electron chi connectivity index (χ3n) is 1.95. The first-order valence-electron chi connectivity index (χ1n) is 4.85. The third kappa shape index (κ3) is 6.31. The molecule has 0 aliphatic rings. The fourth-order valence-corrected chi connectivity index (χ4v) is 1.03. The molecule has 0 aromatic heterocycles. The molecule has 0 fully saturated rings. The predicted octanol–water partition coefficient (Wildman–Crippen LogP) is 1.52. The van der Waals surface area contributed by atoms with Crippen LogP contribution in [0.2, 0.25) is 0 Å². The highest BCUT2D eigenvalue weighted by atomic mass is 16.2. The SMILES string of the molecule is CCCCC(C)C(=O)NCC(C)=O. The molecule has 0 aliphatic heterocycles. The quantitative estimate of drug-likeness (QED) is 0.682. The molecular weight excluding hydrogens is 166 g/mol. The minimum absolute atomic E-state index is 0.00367. The molecule has 1 atom stereocenters. The van der Waals surface area contributed by atoms with Gasteiger partial charge in [-0.05, 0) is 13.3 Å². The summed E-state index contributed by atoms with van der Waals surface area (Å²) in [6.45, 7) is 5.62. The van der Waals surface area contributed by atoms with Crippen LogP contribution in [0.15, 0.2) is 0 Å². The molecule has 3 nitrogen and oxygen atoms in total. The van der Waals surface area contributed by atoms with Crippen molar-refractivity contribution in [1.29, 1.82) is 0 Å². The van der Waals surface area contributed by atoms with Gasteiger partial charge in [0.15, 0.2) is 0 Å². The molecule has 0 aliphatic carbocycles. The zero-order valence-electron chi connectivity index (χ0n) is 8.72. The monoisotopic (exact) mass is 185 g/mol. The van der Waals surface area contributed by atoms with E-state index in [1.54, 1.807) is 0 Å². The third-order valence-corrected chi connectivity index (χ3v) is 1.95. The van der Waals surface area contributed by atoms with E-state index in [0.717, 1.165) is 19.3 Å². The molecule has 1 unspecified atom stereocenters. The van der Waals surface area contributed by atoms with Crippen molar-refractivity contribution >= 4 is 11.7 Å². The normalized spacial score (nSPS) is 12.2. The summed E-state index contributed by atoms with van der Waals surface area (Å²) >= 11 is 0. The van der Waals surface area contributed by atoms with E-state index in [1.807, 2.05) is 6.92 Å². The van der Waals surface area contributed by atoms with Crippen molar-refractivity contribution in [3.63, 3.8) is 0 Å². The highest BCUT2D eigenvalue weighted by Gasteiger charge is 2.11. The van der Waals surface area contributed by atoms with Crippen LogP contribution in [0.25, 0.3) is 0 Å². The lowest BCUT2D eigenvalue weighted by Crippen LogP contribution is -2.32. The van der Waals surface area contributed by atoms with Gasteiger partial charge in [-0.25, -0.2) is 0 Å². The molecule has 0 saturated heterocycles. The number of hydrogen-bond acceptors (Lipinski definition) is 2. The van der Waals surface area contributed by atoms with Crippen LogP contribution in [-0.4, -0.2) is 18.2 Å². The van der Waals surface area contributed by atoms with Crippen molar-refractivity contribution in [1.82, 2.24) is 5.32 Å². The van der Waals surface area contributed by atoms with E-state index >= 15 is 0 Å². The van der Waals surface area contributed by atoms with Gasteiger partial charge in [0.05, 0.1) is 6.54 Å². The average Bonchev–Trinajstić information content (AvgIpc) is 2.10. The van der Waals surface area contributed by atoms with Gasteiger partial charge in [0.2, 0.25) is 5.91 Å². The zero-order valence-corrected chi connectivity index (χ0v) is 8.72. The van der Waals surface area contributed by atoms with Crippen LogP contribution in [0.5, 0.6) is 0 Å². The van der Waals surface area contributed by atoms with Gasteiger partial charge in [0.25, 0.3) is 0 Å². The minimum atomic E-state index is -0.0105. The highest BCUT2D eigenvalue weighted by Crippen LogP contribution is 2.06. The standard InChI is InChI=1S/C10H19NO2/c1-4-5-6-8(2)10(13)11-7-9(3)12/h8H,4-7H2,1-3H3,(H,11,13). The van der Waals surface area contributed by atoms with Crippen molar-refractivity contribution in [3.05, 3.63) is 0 Å². The smallest absolute Gasteiger partial charge is 0.223 e. The Morgan fingerprint density at radius 3 is 2.46 bits per heavy atom. The Morgan fingerprint density at radius 2 is 2.00 bits per heavy atom. The summed E-state index contributed by atoms with van der Waals surface area (Å²) < 4.78 is 0. The average molecular weight is 185 g/mol. The maximum atomic E-state index is 11.3. The summed E-state index contributed by atoms with van der Waals surface area (Å²) in [5.74, 6) is 0.0130. The molecule has 1 amide bonds. The van der Waals surface area contributed by atoms with E-state index in [-0.39, 0.29) is 24.2 Å². The van der Waals surface area contributed by atoms with Crippen molar-refractivity contribution in [2.24, 2.45) is 5.92 Å². The Balaban J connectivity index is 3.63. The Labute approximate surface area is 79.9 Å². The maximum absolute atomic E-state index is 11.3. The minimum Gasteiger partial charge on any atom is -0.349 e. The molecule has 1 N–H and O–H groups in total. The summed E-state index contributed by atoms with van der Waals surface area (Å²) in [5.41, 5.74) is 0. The van der Waals surface area contributed by atoms with Gasteiger partial charge in [-0.15, -0.1) is 0 Å². The molecule has 0 aromatic rings. The molecule has 0 radical (unpaired) electrons. The molecule has 76 valence electrons. The van der Waals surface area contributed by atoms with Crippen LogP contribution in [0, 0.1) is 5.92 Å². The van der Waals surface area contributed by atoms with Gasteiger partial charge in [0, 0.05) is 5.92 Å². The first-order valence-corrected chi connectivity index (χ1v) is 4.85. The molecule has 0 rings (SSSR count). The van der Waals surface area contributed by atoms with Crippen molar-refractivity contribution < 1.29 is 9.59 Å². The first-order chi connectivity index (χ1) is 6.07. The largest absolute Gasteiger partial charge is 0.349 e. The summed E-state index contributed by atoms with van der Waals surface area (Å²) in [7, 11) is 0. The van der Waals surface area contributed by atoms with Crippen LogP contribution in [0.4, 0.5) is 0 Å².